The van der Waals surface area contributed by atoms with Crippen LogP contribution in [0.3, 0.4) is 0 Å². The van der Waals surface area contributed by atoms with Crippen molar-refractivity contribution in [2.75, 3.05) is 31.6 Å². The smallest absolute Gasteiger partial charge is 0.125 e. The normalized spacial score (nSPS) is 25.9. The Kier molecular flexibility index (Phi) is 2.59. The van der Waals surface area contributed by atoms with Crippen LogP contribution in [0.1, 0.15) is 23.7 Å². The number of nitrogen functional groups attached to an aromatic ring is 1. The van der Waals surface area contributed by atoms with E-state index in [4.69, 9.17) is 10.8 Å². The molecule has 1 aromatic heterocycles. The van der Waals surface area contributed by atoms with Gasteiger partial charge < -0.3 is 10.6 Å². The lowest BCUT2D eigenvalue weighted by Crippen LogP contribution is -2.18. The van der Waals surface area contributed by atoms with Gasteiger partial charge in [0.1, 0.15) is 5.82 Å². The first kappa shape index (κ1) is 10.5. The van der Waals surface area contributed by atoms with Gasteiger partial charge in [0.25, 0.3) is 0 Å². The van der Waals surface area contributed by atoms with E-state index >= 15 is 0 Å². The molecule has 0 aromatic carbocycles. The van der Waals surface area contributed by atoms with Crippen molar-refractivity contribution in [3.63, 3.8) is 0 Å². The monoisotopic (exact) mass is 238 g/mol. The maximum atomic E-state index is 6.22. The Labute approximate surface area is 100 Å². The van der Waals surface area contributed by atoms with Gasteiger partial charge in [0, 0.05) is 24.4 Å². The third-order valence-corrected chi connectivity index (χ3v) is 4.55. The maximum Gasteiger partial charge on any atom is 0.125 e. The predicted molar refractivity (Wildman–Crippen MR) is 67.7 cm³/mol. The zero-order chi connectivity index (χ0) is 11.1. The van der Waals surface area contributed by atoms with Crippen molar-refractivity contribution < 1.29 is 0 Å². The van der Waals surface area contributed by atoms with Crippen molar-refractivity contribution in [1.29, 1.82) is 0 Å². The van der Waals surface area contributed by atoms with Gasteiger partial charge >= 0.3 is 0 Å². The molecule has 1 saturated heterocycles. The molecule has 0 bridgehead atoms. The number of hydrogen-bond acceptors (Lipinski definition) is 4. The molecule has 2 N–H and O–H groups in total. The van der Waals surface area contributed by atoms with Crippen molar-refractivity contribution in [3.05, 3.63) is 11.3 Å². The van der Waals surface area contributed by atoms with E-state index in [-0.39, 0.29) is 0 Å². The molecule has 1 fully saturated rings. The second-order valence-corrected chi connectivity index (χ2v) is 5.87. The number of fused-ring (bicyclic) bond motifs is 1. The number of nitrogens with two attached hydrogens (primary N) is 1. The third kappa shape index (κ3) is 1.62. The summed E-state index contributed by atoms with van der Waals surface area (Å²) in [7, 11) is 2.16. The highest BCUT2D eigenvalue weighted by atomic mass is 32.2. The average molecular weight is 238 g/mol. The Morgan fingerprint density at radius 2 is 2.38 bits per heavy atom. The van der Waals surface area contributed by atoms with Gasteiger partial charge in [-0.15, -0.1) is 0 Å². The fourth-order valence-corrected chi connectivity index (χ4v) is 3.57. The Morgan fingerprint density at radius 1 is 1.50 bits per heavy atom. The van der Waals surface area contributed by atoms with Crippen LogP contribution in [0.15, 0.2) is 0 Å². The van der Waals surface area contributed by atoms with Crippen molar-refractivity contribution in [1.82, 2.24) is 14.7 Å². The van der Waals surface area contributed by atoms with Crippen LogP contribution in [0.5, 0.6) is 0 Å². The first-order chi connectivity index (χ1) is 7.75. The van der Waals surface area contributed by atoms with Gasteiger partial charge in [0.15, 0.2) is 0 Å². The number of hydrogen-bond donors (Lipinski definition) is 1. The largest absolute Gasteiger partial charge is 0.384 e. The number of likely N-dealkylation sites (tertiary alicyclic amines) is 1. The summed E-state index contributed by atoms with van der Waals surface area (Å²) in [6.07, 6.45) is 2.27. The molecule has 1 atom stereocenters. The highest BCUT2D eigenvalue weighted by molar-refractivity contribution is 7.98. The van der Waals surface area contributed by atoms with Gasteiger partial charge in [-0.05, 0) is 25.6 Å². The number of nitrogens with zero attached hydrogens (tertiary/aromatic N) is 3. The quantitative estimate of drug-likeness (QED) is 0.797. The van der Waals surface area contributed by atoms with Crippen molar-refractivity contribution in [3.8, 4) is 0 Å². The van der Waals surface area contributed by atoms with Crippen molar-refractivity contribution in [2.45, 2.75) is 24.6 Å². The second kappa shape index (κ2) is 3.96. The van der Waals surface area contributed by atoms with Crippen LogP contribution in [-0.4, -0.2) is 40.6 Å². The summed E-state index contributed by atoms with van der Waals surface area (Å²) in [5, 5.41) is 4.71. The van der Waals surface area contributed by atoms with E-state index in [1.54, 1.807) is 0 Å². The van der Waals surface area contributed by atoms with Gasteiger partial charge in [-0.2, -0.15) is 16.9 Å². The Bertz CT molecular complexity index is 401. The summed E-state index contributed by atoms with van der Waals surface area (Å²) in [6.45, 7) is 2.24. The summed E-state index contributed by atoms with van der Waals surface area (Å²) in [5.41, 5.74) is 8.76. The molecule has 16 heavy (non-hydrogen) atoms. The van der Waals surface area contributed by atoms with E-state index < -0.39 is 0 Å². The molecule has 1 unspecified atom stereocenters. The van der Waals surface area contributed by atoms with E-state index in [9.17, 15) is 0 Å². The molecule has 1 aromatic rings. The number of thioether (sulfide) groups is 1. The lowest BCUT2D eigenvalue weighted by atomic mass is 10.2. The Balaban J connectivity index is 1.92. The maximum absolute atomic E-state index is 6.22. The molecule has 4 nitrogen and oxygen atoms in total. The minimum atomic E-state index is 0.487. The minimum Gasteiger partial charge on any atom is -0.384 e. The number of likely N-dealkylation sites (N-methyl/N-ethyl adjacent to an activating group) is 1. The fourth-order valence-electron chi connectivity index (χ4n) is 2.65. The molecule has 0 aliphatic carbocycles. The van der Waals surface area contributed by atoms with Gasteiger partial charge in [0.2, 0.25) is 0 Å². The molecule has 2 aliphatic heterocycles. The first-order valence-corrected chi connectivity index (χ1v) is 7.03. The zero-order valence-electron chi connectivity index (χ0n) is 9.65. The highest BCUT2D eigenvalue weighted by Gasteiger charge is 2.27. The SMILES string of the molecule is CN1CCC(n2nc3c(c2N)CCSC3)C1. The van der Waals surface area contributed by atoms with Crippen LogP contribution >= 0.6 is 11.8 Å². The lowest BCUT2D eigenvalue weighted by Gasteiger charge is -2.13. The average Bonchev–Trinajstić information content (AvgIpc) is 2.84. The summed E-state index contributed by atoms with van der Waals surface area (Å²) in [6, 6.07) is 0.487. The molecular weight excluding hydrogens is 220 g/mol. The summed E-state index contributed by atoms with van der Waals surface area (Å²) >= 11 is 1.96. The summed E-state index contributed by atoms with van der Waals surface area (Å²) < 4.78 is 2.08. The van der Waals surface area contributed by atoms with E-state index in [1.165, 1.54) is 23.4 Å². The predicted octanol–water partition coefficient (Wildman–Crippen LogP) is 1.13. The Hall–Kier alpha value is -0.680. The minimum absolute atomic E-state index is 0.487. The van der Waals surface area contributed by atoms with Crippen LogP contribution in [0.25, 0.3) is 0 Å². The molecule has 0 radical (unpaired) electrons. The molecule has 3 rings (SSSR count). The first-order valence-electron chi connectivity index (χ1n) is 5.87. The molecule has 0 spiro atoms. The van der Waals surface area contributed by atoms with Gasteiger partial charge in [-0.3, -0.25) is 0 Å². The number of aromatic nitrogens is 2. The fraction of sp³-hybridized carbons (Fsp3) is 0.727. The molecule has 5 heteroatoms. The molecular formula is C11H18N4S. The standard InChI is InChI=1S/C11H18N4S/c1-14-4-2-8(6-14)15-11(12)9-3-5-16-7-10(9)13-15/h8H,2-7,12H2,1H3. The van der Waals surface area contributed by atoms with Crippen LogP contribution in [0, 0.1) is 0 Å². The lowest BCUT2D eigenvalue weighted by molar-refractivity contribution is 0.383. The molecule has 0 saturated carbocycles. The van der Waals surface area contributed by atoms with E-state index in [1.807, 2.05) is 11.8 Å². The second-order valence-electron chi connectivity index (χ2n) is 4.76. The number of anilines is 1. The molecule has 2 aliphatic rings. The van der Waals surface area contributed by atoms with Crippen LogP contribution in [0.4, 0.5) is 5.82 Å². The zero-order valence-corrected chi connectivity index (χ0v) is 10.5. The van der Waals surface area contributed by atoms with Crippen LogP contribution < -0.4 is 5.73 Å². The van der Waals surface area contributed by atoms with Crippen LogP contribution in [-0.2, 0) is 12.2 Å². The molecule has 88 valence electrons. The van der Waals surface area contributed by atoms with E-state index in [2.05, 4.69) is 16.6 Å². The van der Waals surface area contributed by atoms with E-state index in [0.717, 1.165) is 31.1 Å². The van der Waals surface area contributed by atoms with E-state index in [0.29, 0.717) is 6.04 Å². The topological polar surface area (TPSA) is 47.1 Å². The van der Waals surface area contributed by atoms with Gasteiger partial charge in [-0.25, -0.2) is 4.68 Å². The Morgan fingerprint density at radius 3 is 3.06 bits per heavy atom. The van der Waals surface area contributed by atoms with Crippen LogP contribution in [0.2, 0.25) is 0 Å². The van der Waals surface area contributed by atoms with Gasteiger partial charge in [-0.1, -0.05) is 0 Å². The summed E-state index contributed by atoms with van der Waals surface area (Å²) in [4.78, 5) is 2.35. The van der Waals surface area contributed by atoms with Crippen molar-refractivity contribution in [2.24, 2.45) is 0 Å². The number of rotatable bonds is 1. The van der Waals surface area contributed by atoms with Crippen molar-refractivity contribution >= 4 is 17.6 Å². The van der Waals surface area contributed by atoms with Gasteiger partial charge in [0.05, 0.1) is 11.7 Å². The molecule has 3 heterocycles. The summed E-state index contributed by atoms with van der Waals surface area (Å²) in [5.74, 6) is 3.15. The third-order valence-electron chi connectivity index (χ3n) is 3.58. The molecule has 0 amide bonds. The highest BCUT2D eigenvalue weighted by Crippen LogP contribution is 2.31.